The zero-order chi connectivity index (χ0) is 6.57. The van der Waals surface area contributed by atoms with Gasteiger partial charge in [0.25, 0.3) is 0 Å². The molecule has 0 saturated heterocycles. The highest BCUT2D eigenvalue weighted by Gasteiger charge is 2.04. The van der Waals surface area contributed by atoms with E-state index in [9.17, 15) is 4.79 Å². The predicted octanol–water partition coefficient (Wildman–Crippen LogP) is -0.238. The first-order chi connectivity index (χ1) is 3.72. The molecule has 0 rings (SSSR count). The Balaban J connectivity index is 0. The van der Waals surface area contributed by atoms with Crippen molar-refractivity contribution >= 4 is 18.3 Å². The zero-order valence-electron chi connectivity index (χ0n) is 5.89. The second kappa shape index (κ2) is 5.85. The smallest absolute Gasteiger partial charge is 0.236 e. The molecule has 2 N–H and O–H groups in total. The SMILES string of the molecule is CNC(=O)[C@@H](C)NC.Cl. The summed E-state index contributed by atoms with van der Waals surface area (Å²) in [6, 6.07) is -0.0833. The van der Waals surface area contributed by atoms with Gasteiger partial charge in [-0.3, -0.25) is 4.79 Å². The number of carbonyl (C=O) groups is 1. The van der Waals surface area contributed by atoms with Crippen molar-refractivity contribution in [1.29, 1.82) is 0 Å². The molecule has 56 valence electrons. The van der Waals surface area contributed by atoms with E-state index < -0.39 is 0 Å². The van der Waals surface area contributed by atoms with Crippen molar-refractivity contribution < 1.29 is 4.79 Å². The third kappa shape index (κ3) is 4.24. The Morgan fingerprint density at radius 2 is 1.89 bits per heavy atom. The number of halogens is 1. The Labute approximate surface area is 61.6 Å². The Morgan fingerprint density at radius 1 is 1.44 bits per heavy atom. The van der Waals surface area contributed by atoms with Gasteiger partial charge in [0.2, 0.25) is 5.91 Å². The summed E-state index contributed by atoms with van der Waals surface area (Å²) in [5.41, 5.74) is 0. The summed E-state index contributed by atoms with van der Waals surface area (Å²) in [4.78, 5) is 10.6. The normalized spacial score (nSPS) is 11.4. The predicted molar refractivity (Wildman–Crippen MR) is 39.8 cm³/mol. The van der Waals surface area contributed by atoms with Crippen molar-refractivity contribution in [3.05, 3.63) is 0 Å². The minimum atomic E-state index is -0.0833. The standard InChI is InChI=1S/C5H12N2O.ClH/c1-4(6-2)5(8)7-3;/h4,6H,1-3H3,(H,7,8);1H/t4-;/m1./s1. The summed E-state index contributed by atoms with van der Waals surface area (Å²) in [7, 11) is 3.37. The number of hydrogen-bond acceptors (Lipinski definition) is 2. The van der Waals surface area contributed by atoms with Gasteiger partial charge < -0.3 is 10.6 Å². The van der Waals surface area contributed by atoms with Crippen molar-refractivity contribution in [2.24, 2.45) is 0 Å². The van der Waals surface area contributed by atoms with Crippen molar-refractivity contribution in [2.75, 3.05) is 14.1 Å². The Bertz CT molecular complexity index is 87.0. The van der Waals surface area contributed by atoms with Crippen LogP contribution in [-0.2, 0) is 4.79 Å². The molecule has 9 heavy (non-hydrogen) atoms. The Hall–Kier alpha value is -0.280. The molecular formula is C5H13ClN2O. The lowest BCUT2D eigenvalue weighted by Gasteiger charge is -2.05. The molecule has 0 aromatic carbocycles. The second-order valence-electron chi connectivity index (χ2n) is 1.62. The second-order valence-corrected chi connectivity index (χ2v) is 1.62. The van der Waals surface area contributed by atoms with E-state index in [0.717, 1.165) is 0 Å². The molecule has 0 aliphatic rings. The highest BCUT2D eigenvalue weighted by atomic mass is 35.5. The highest BCUT2D eigenvalue weighted by Crippen LogP contribution is 1.75. The number of rotatable bonds is 2. The summed E-state index contributed by atoms with van der Waals surface area (Å²) in [5.74, 6) is 0.0208. The van der Waals surface area contributed by atoms with Crippen LogP contribution in [0.3, 0.4) is 0 Å². The average Bonchev–Trinajstić information content (AvgIpc) is 1.84. The molecule has 0 unspecified atom stereocenters. The molecule has 0 spiro atoms. The van der Waals surface area contributed by atoms with Crippen molar-refractivity contribution in [3.8, 4) is 0 Å². The van der Waals surface area contributed by atoms with Gasteiger partial charge in [0.15, 0.2) is 0 Å². The molecule has 0 radical (unpaired) electrons. The molecule has 0 bridgehead atoms. The maximum absolute atomic E-state index is 10.6. The molecule has 0 saturated carbocycles. The van der Waals surface area contributed by atoms with Crippen LogP contribution in [0.1, 0.15) is 6.92 Å². The van der Waals surface area contributed by atoms with Crippen molar-refractivity contribution in [1.82, 2.24) is 10.6 Å². The number of amides is 1. The fourth-order valence-electron chi connectivity index (χ4n) is 0.348. The molecular weight excluding hydrogens is 140 g/mol. The fourth-order valence-corrected chi connectivity index (χ4v) is 0.348. The van der Waals surface area contributed by atoms with E-state index >= 15 is 0 Å². The summed E-state index contributed by atoms with van der Waals surface area (Å²) >= 11 is 0. The van der Waals surface area contributed by atoms with Crippen molar-refractivity contribution in [2.45, 2.75) is 13.0 Å². The maximum atomic E-state index is 10.6. The number of carbonyl (C=O) groups excluding carboxylic acids is 1. The van der Waals surface area contributed by atoms with Crippen LogP contribution < -0.4 is 10.6 Å². The van der Waals surface area contributed by atoms with E-state index in [0.29, 0.717) is 0 Å². The van der Waals surface area contributed by atoms with Crippen LogP contribution in [0.25, 0.3) is 0 Å². The number of hydrogen-bond donors (Lipinski definition) is 2. The third-order valence-electron chi connectivity index (χ3n) is 1.07. The Kier molecular flexibility index (Phi) is 7.48. The van der Waals surface area contributed by atoms with Gasteiger partial charge in [-0.15, -0.1) is 12.4 Å². The van der Waals surface area contributed by atoms with Crippen molar-refractivity contribution in [3.63, 3.8) is 0 Å². The topological polar surface area (TPSA) is 41.1 Å². The van der Waals surface area contributed by atoms with E-state index in [1.807, 2.05) is 0 Å². The van der Waals surface area contributed by atoms with E-state index in [4.69, 9.17) is 0 Å². The summed E-state index contributed by atoms with van der Waals surface area (Å²) in [5, 5.41) is 5.32. The quantitative estimate of drug-likeness (QED) is 0.574. The molecule has 0 fully saturated rings. The van der Waals surface area contributed by atoms with E-state index in [1.54, 1.807) is 21.0 Å². The maximum Gasteiger partial charge on any atom is 0.236 e. The van der Waals surface area contributed by atoms with Crippen LogP contribution in [-0.4, -0.2) is 26.0 Å². The summed E-state index contributed by atoms with van der Waals surface area (Å²) < 4.78 is 0. The van der Waals surface area contributed by atoms with Crippen LogP contribution in [0, 0.1) is 0 Å². The minimum Gasteiger partial charge on any atom is -0.358 e. The van der Waals surface area contributed by atoms with Gasteiger partial charge in [0, 0.05) is 7.05 Å². The van der Waals surface area contributed by atoms with Gasteiger partial charge in [0.1, 0.15) is 0 Å². The molecule has 1 atom stereocenters. The van der Waals surface area contributed by atoms with Gasteiger partial charge in [-0.05, 0) is 14.0 Å². The molecule has 1 amide bonds. The first-order valence-corrected chi connectivity index (χ1v) is 2.61. The minimum absolute atomic E-state index is 0. The largest absolute Gasteiger partial charge is 0.358 e. The zero-order valence-corrected chi connectivity index (χ0v) is 6.71. The van der Waals surface area contributed by atoms with Gasteiger partial charge in [0.05, 0.1) is 6.04 Å². The first kappa shape index (κ1) is 11.5. The molecule has 0 aromatic heterocycles. The number of likely N-dealkylation sites (N-methyl/N-ethyl adjacent to an activating group) is 2. The fraction of sp³-hybridized carbons (Fsp3) is 0.800. The van der Waals surface area contributed by atoms with Gasteiger partial charge in [-0.25, -0.2) is 0 Å². The van der Waals surface area contributed by atoms with E-state index in [2.05, 4.69) is 10.6 Å². The lowest BCUT2D eigenvalue weighted by atomic mass is 10.3. The average molecular weight is 153 g/mol. The van der Waals surface area contributed by atoms with E-state index in [1.165, 1.54) is 0 Å². The molecule has 3 nitrogen and oxygen atoms in total. The molecule has 4 heteroatoms. The lowest BCUT2D eigenvalue weighted by molar-refractivity contribution is -0.122. The van der Waals surface area contributed by atoms with Gasteiger partial charge in [-0.2, -0.15) is 0 Å². The van der Waals surface area contributed by atoms with Crippen LogP contribution in [0.5, 0.6) is 0 Å². The highest BCUT2D eigenvalue weighted by molar-refractivity contribution is 5.85. The van der Waals surface area contributed by atoms with Crippen LogP contribution in [0.15, 0.2) is 0 Å². The summed E-state index contributed by atoms with van der Waals surface area (Å²) in [6.07, 6.45) is 0. The molecule has 0 aromatic rings. The first-order valence-electron chi connectivity index (χ1n) is 2.61. The monoisotopic (exact) mass is 152 g/mol. The van der Waals surface area contributed by atoms with Crippen LogP contribution in [0.2, 0.25) is 0 Å². The van der Waals surface area contributed by atoms with Crippen LogP contribution in [0.4, 0.5) is 0 Å². The third-order valence-corrected chi connectivity index (χ3v) is 1.07. The lowest BCUT2D eigenvalue weighted by Crippen LogP contribution is -2.38. The molecule has 0 heterocycles. The number of nitrogens with one attached hydrogen (secondary N) is 2. The molecule has 0 aliphatic carbocycles. The Morgan fingerprint density at radius 3 is 2.00 bits per heavy atom. The summed E-state index contributed by atoms with van der Waals surface area (Å²) in [6.45, 7) is 1.80. The molecule has 0 aliphatic heterocycles. The van der Waals surface area contributed by atoms with Gasteiger partial charge >= 0.3 is 0 Å². The van der Waals surface area contributed by atoms with Crippen LogP contribution >= 0.6 is 12.4 Å². The van der Waals surface area contributed by atoms with Gasteiger partial charge in [-0.1, -0.05) is 0 Å². The van der Waals surface area contributed by atoms with E-state index in [-0.39, 0.29) is 24.4 Å².